The normalized spacial score (nSPS) is 13.3. The number of azide groups is 1. The minimum absolute atomic E-state index is 0.140. The van der Waals surface area contributed by atoms with Crippen molar-refractivity contribution in [2.75, 3.05) is 13.2 Å². The van der Waals surface area contributed by atoms with Gasteiger partial charge in [-0.3, -0.25) is 0 Å². The van der Waals surface area contributed by atoms with Gasteiger partial charge in [0, 0.05) is 11.5 Å². The van der Waals surface area contributed by atoms with Crippen LogP contribution in [-0.4, -0.2) is 30.5 Å². The first-order valence-corrected chi connectivity index (χ1v) is 11.6. The Bertz CT molecular complexity index is 346. The van der Waals surface area contributed by atoms with Gasteiger partial charge >= 0.3 is 0 Å². The van der Waals surface area contributed by atoms with Crippen molar-refractivity contribution in [1.82, 2.24) is 0 Å². The number of aliphatic hydroxyl groups is 1. The molecule has 0 heterocycles. The first-order valence-electron chi connectivity index (χ1n) is 11.6. The number of hydrogen-bond acceptors (Lipinski definition) is 3. The Morgan fingerprint density at radius 3 is 1.70 bits per heavy atom. The maximum Gasteiger partial charge on any atom is 0.0867 e. The number of hydrogen-bond donors (Lipinski definition) is 1. The van der Waals surface area contributed by atoms with Crippen molar-refractivity contribution in [2.24, 2.45) is 5.11 Å². The van der Waals surface area contributed by atoms with E-state index in [9.17, 15) is 5.11 Å². The second-order valence-electron chi connectivity index (χ2n) is 7.75. The Morgan fingerprint density at radius 2 is 1.26 bits per heavy atom. The third-order valence-corrected chi connectivity index (χ3v) is 5.24. The molecule has 1 N–H and O–H groups in total. The highest BCUT2D eigenvalue weighted by molar-refractivity contribution is 4.77. The Kier molecular flexibility index (Phi) is 20.9. The van der Waals surface area contributed by atoms with Crippen LogP contribution in [0.3, 0.4) is 0 Å². The van der Waals surface area contributed by atoms with Crippen LogP contribution in [0.1, 0.15) is 117 Å². The molecule has 0 fully saturated rings. The standard InChI is InChI=1S/C22H45N3O2/c1-3-5-7-8-9-10-11-12-13-14-15-16-17-18-22(27-19-6-4-2)21(20-26)24-25-23/h21-22,26H,3-20H2,1-2H3/t21-,22+/m0/s1. The van der Waals surface area contributed by atoms with E-state index in [0.717, 1.165) is 25.7 Å². The number of aliphatic hydroxyl groups excluding tert-OH is 1. The van der Waals surface area contributed by atoms with Crippen LogP contribution in [-0.2, 0) is 4.74 Å². The van der Waals surface area contributed by atoms with Gasteiger partial charge in [-0.25, -0.2) is 0 Å². The van der Waals surface area contributed by atoms with E-state index in [-0.39, 0.29) is 12.7 Å². The molecule has 0 aliphatic rings. The predicted molar refractivity (Wildman–Crippen MR) is 115 cm³/mol. The van der Waals surface area contributed by atoms with Gasteiger partial charge in [-0.1, -0.05) is 109 Å². The van der Waals surface area contributed by atoms with Crippen LogP contribution >= 0.6 is 0 Å². The molecule has 160 valence electrons. The summed E-state index contributed by atoms with van der Waals surface area (Å²) in [6, 6.07) is -0.454. The monoisotopic (exact) mass is 383 g/mol. The van der Waals surface area contributed by atoms with E-state index in [2.05, 4.69) is 23.9 Å². The summed E-state index contributed by atoms with van der Waals surface area (Å²) in [7, 11) is 0. The molecule has 0 amide bonds. The molecule has 0 aliphatic heterocycles. The van der Waals surface area contributed by atoms with Crippen molar-refractivity contribution in [3.8, 4) is 0 Å². The third-order valence-electron chi connectivity index (χ3n) is 5.24. The van der Waals surface area contributed by atoms with Gasteiger partial charge in [0.25, 0.3) is 0 Å². The topological polar surface area (TPSA) is 78.2 Å². The molecule has 5 nitrogen and oxygen atoms in total. The first-order chi connectivity index (χ1) is 13.3. The van der Waals surface area contributed by atoms with Crippen molar-refractivity contribution in [3.05, 3.63) is 10.4 Å². The molecule has 0 spiro atoms. The molecule has 0 aromatic rings. The Morgan fingerprint density at radius 1 is 0.778 bits per heavy atom. The zero-order chi connectivity index (χ0) is 20.0. The van der Waals surface area contributed by atoms with Gasteiger partial charge < -0.3 is 9.84 Å². The fourth-order valence-electron chi connectivity index (χ4n) is 3.42. The van der Waals surface area contributed by atoms with Crippen LogP contribution in [0, 0.1) is 0 Å². The number of nitrogens with zero attached hydrogens (tertiary/aromatic N) is 3. The molecule has 0 aliphatic carbocycles. The molecule has 0 aromatic heterocycles. The Balaban J connectivity index is 3.68. The van der Waals surface area contributed by atoms with E-state index in [1.54, 1.807) is 0 Å². The smallest absolute Gasteiger partial charge is 0.0867 e. The second kappa shape index (κ2) is 21.5. The van der Waals surface area contributed by atoms with Crippen LogP contribution in [0.25, 0.3) is 10.4 Å². The largest absolute Gasteiger partial charge is 0.396 e. The van der Waals surface area contributed by atoms with Gasteiger partial charge in [0.15, 0.2) is 0 Å². The molecule has 0 bridgehead atoms. The molecule has 27 heavy (non-hydrogen) atoms. The van der Waals surface area contributed by atoms with E-state index in [4.69, 9.17) is 10.3 Å². The fraction of sp³-hybridized carbons (Fsp3) is 1.00. The predicted octanol–water partition coefficient (Wildman–Crippen LogP) is 7.32. The maximum atomic E-state index is 9.44. The molecule has 0 radical (unpaired) electrons. The molecule has 0 rings (SSSR count). The van der Waals surface area contributed by atoms with Crippen molar-refractivity contribution in [2.45, 2.75) is 129 Å². The highest BCUT2D eigenvalue weighted by Gasteiger charge is 2.19. The lowest BCUT2D eigenvalue weighted by Crippen LogP contribution is -2.30. The summed E-state index contributed by atoms with van der Waals surface area (Å²) < 4.78 is 5.87. The summed E-state index contributed by atoms with van der Waals surface area (Å²) in [5, 5.41) is 13.2. The Hall–Kier alpha value is -0.770. The lowest BCUT2D eigenvalue weighted by atomic mass is 10.0. The lowest BCUT2D eigenvalue weighted by molar-refractivity contribution is 0.0135. The van der Waals surface area contributed by atoms with Crippen LogP contribution in [0.4, 0.5) is 0 Å². The van der Waals surface area contributed by atoms with Crippen LogP contribution < -0.4 is 0 Å². The van der Waals surface area contributed by atoms with Crippen molar-refractivity contribution >= 4 is 0 Å². The maximum absolute atomic E-state index is 9.44. The number of ether oxygens (including phenoxy) is 1. The fourth-order valence-corrected chi connectivity index (χ4v) is 3.42. The van der Waals surface area contributed by atoms with Gasteiger partial charge in [-0.15, -0.1) is 0 Å². The van der Waals surface area contributed by atoms with Crippen LogP contribution in [0.5, 0.6) is 0 Å². The molecule has 2 atom stereocenters. The average Bonchev–Trinajstić information content (AvgIpc) is 2.68. The Labute approximate surface area is 167 Å². The third kappa shape index (κ3) is 17.1. The molecular formula is C22H45N3O2. The summed E-state index contributed by atoms with van der Waals surface area (Å²) in [5.41, 5.74) is 8.66. The zero-order valence-electron chi connectivity index (χ0n) is 18.1. The minimum Gasteiger partial charge on any atom is -0.396 e. The van der Waals surface area contributed by atoms with Crippen molar-refractivity contribution < 1.29 is 9.84 Å². The zero-order valence-corrected chi connectivity index (χ0v) is 18.1. The van der Waals surface area contributed by atoms with Gasteiger partial charge in [0.2, 0.25) is 0 Å². The molecule has 0 aromatic carbocycles. The van der Waals surface area contributed by atoms with Gasteiger partial charge in [-0.2, -0.15) is 0 Å². The van der Waals surface area contributed by atoms with Crippen LogP contribution in [0.15, 0.2) is 5.11 Å². The number of unbranched alkanes of at least 4 members (excludes halogenated alkanes) is 13. The molecule has 5 heteroatoms. The summed E-state index contributed by atoms with van der Waals surface area (Å²) in [6.45, 7) is 4.93. The summed E-state index contributed by atoms with van der Waals surface area (Å²) in [4.78, 5) is 2.85. The molecular weight excluding hydrogens is 338 g/mol. The van der Waals surface area contributed by atoms with Gasteiger partial charge in [0.05, 0.1) is 18.8 Å². The van der Waals surface area contributed by atoms with Gasteiger partial charge in [-0.05, 0) is 18.4 Å². The summed E-state index contributed by atoms with van der Waals surface area (Å²) in [6.07, 6.45) is 20.1. The van der Waals surface area contributed by atoms with Crippen molar-refractivity contribution in [3.63, 3.8) is 0 Å². The molecule has 0 saturated carbocycles. The second-order valence-corrected chi connectivity index (χ2v) is 7.75. The van der Waals surface area contributed by atoms with Gasteiger partial charge in [0.1, 0.15) is 0 Å². The van der Waals surface area contributed by atoms with Crippen LogP contribution in [0.2, 0.25) is 0 Å². The highest BCUT2D eigenvalue weighted by atomic mass is 16.5. The summed E-state index contributed by atoms with van der Waals surface area (Å²) in [5.74, 6) is 0. The van der Waals surface area contributed by atoms with E-state index < -0.39 is 6.04 Å². The average molecular weight is 384 g/mol. The summed E-state index contributed by atoms with van der Waals surface area (Å²) >= 11 is 0. The van der Waals surface area contributed by atoms with E-state index >= 15 is 0 Å². The lowest BCUT2D eigenvalue weighted by Gasteiger charge is -2.22. The minimum atomic E-state index is -0.454. The van der Waals surface area contributed by atoms with E-state index in [1.807, 2.05) is 0 Å². The van der Waals surface area contributed by atoms with E-state index in [1.165, 1.54) is 77.0 Å². The molecule has 0 saturated heterocycles. The number of rotatable bonds is 21. The first kappa shape index (κ1) is 26.2. The highest BCUT2D eigenvalue weighted by Crippen LogP contribution is 2.17. The quantitative estimate of drug-likeness (QED) is 0.0974. The SMILES string of the molecule is CCCCCCCCCCCCCCC[C@@H](OCCCC)[C@H](CO)N=[N+]=[N-]. The van der Waals surface area contributed by atoms with Crippen molar-refractivity contribution in [1.29, 1.82) is 0 Å². The molecule has 0 unspecified atom stereocenters. The van der Waals surface area contributed by atoms with E-state index in [0.29, 0.717) is 6.61 Å².